The molecule has 1 aromatic rings. The third-order valence-corrected chi connectivity index (χ3v) is 4.01. The normalized spacial score (nSPS) is 21.0. The molecule has 1 heterocycles. The molecule has 114 valence electrons. The highest BCUT2D eigenvalue weighted by Gasteiger charge is 2.39. The summed E-state index contributed by atoms with van der Waals surface area (Å²) in [5, 5.41) is 9.06. The van der Waals surface area contributed by atoms with Crippen LogP contribution in [-0.4, -0.2) is 23.9 Å². The monoisotopic (exact) mass is 289 g/mol. The van der Waals surface area contributed by atoms with Crippen LogP contribution in [0.5, 0.6) is 0 Å². The van der Waals surface area contributed by atoms with Gasteiger partial charge in [-0.2, -0.15) is 0 Å². The van der Waals surface area contributed by atoms with E-state index in [1.54, 1.807) is 13.0 Å². The van der Waals surface area contributed by atoms with Crippen molar-refractivity contribution >= 4 is 23.2 Å². The highest BCUT2D eigenvalue weighted by molar-refractivity contribution is 5.99. The predicted molar refractivity (Wildman–Crippen MR) is 84.3 cm³/mol. The number of anilines is 2. The Morgan fingerprint density at radius 3 is 2.52 bits per heavy atom. The lowest BCUT2D eigenvalue weighted by Gasteiger charge is -2.26. The molecule has 0 radical (unpaired) electrons. The van der Waals surface area contributed by atoms with Crippen LogP contribution in [-0.2, 0) is 9.59 Å². The molecule has 1 aliphatic rings. The molecule has 5 heteroatoms. The number of benzene rings is 1. The summed E-state index contributed by atoms with van der Waals surface area (Å²) in [5.74, 6) is -0.0394. The van der Waals surface area contributed by atoms with Crippen molar-refractivity contribution in [3.05, 3.63) is 24.3 Å². The van der Waals surface area contributed by atoms with Gasteiger partial charge in [-0.05, 0) is 44.0 Å². The number of hydrogen-bond acceptors (Lipinski definition) is 3. The third kappa shape index (κ3) is 3.61. The maximum Gasteiger partial charge on any atom is 0.244 e. The molecular weight excluding hydrogens is 266 g/mol. The van der Waals surface area contributed by atoms with E-state index in [0.29, 0.717) is 17.8 Å². The van der Waals surface area contributed by atoms with Gasteiger partial charge >= 0.3 is 0 Å². The quantitative estimate of drug-likeness (QED) is 0.780. The van der Waals surface area contributed by atoms with E-state index in [2.05, 4.69) is 16.0 Å². The Labute approximate surface area is 125 Å². The van der Waals surface area contributed by atoms with E-state index in [4.69, 9.17) is 0 Å². The van der Waals surface area contributed by atoms with Crippen molar-refractivity contribution in [3.8, 4) is 0 Å². The second-order valence-corrected chi connectivity index (χ2v) is 5.40. The van der Waals surface area contributed by atoms with E-state index in [1.165, 1.54) is 0 Å². The van der Waals surface area contributed by atoms with Crippen LogP contribution in [0.2, 0.25) is 0 Å². The summed E-state index contributed by atoms with van der Waals surface area (Å²) in [7, 11) is 0. The van der Waals surface area contributed by atoms with Gasteiger partial charge in [0.1, 0.15) is 0 Å². The predicted octanol–water partition coefficient (Wildman–Crippen LogP) is 2.51. The largest absolute Gasteiger partial charge is 0.326 e. The Hall–Kier alpha value is -1.88. The minimum Gasteiger partial charge on any atom is -0.326 e. The van der Waals surface area contributed by atoms with Crippen molar-refractivity contribution in [2.24, 2.45) is 0 Å². The Bertz CT molecular complexity index is 522. The molecule has 1 saturated heterocycles. The standard InChI is InChI=1S/C16H23N3O2/c1-3-14(20)18-12-7-5-8-13(11-12)19-15(21)16(4-2)9-6-10-17-16/h5,7-8,11,17H,3-4,6,9-10H2,1-2H3,(H,18,20)(H,19,21). The number of rotatable bonds is 5. The Morgan fingerprint density at radius 1 is 1.24 bits per heavy atom. The van der Waals surface area contributed by atoms with Gasteiger partial charge in [-0.25, -0.2) is 0 Å². The zero-order valence-corrected chi connectivity index (χ0v) is 12.7. The fourth-order valence-corrected chi connectivity index (χ4v) is 2.64. The summed E-state index contributed by atoms with van der Waals surface area (Å²) in [6.45, 7) is 4.71. The minimum atomic E-state index is -0.456. The van der Waals surface area contributed by atoms with E-state index < -0.39 is 5.54 Å². The lowest BCUT2D eigenvalue weighted by molar-refractivity contribution is -0.122. The fourth-order valence-electron chi connectivity index (χ4n) is 2.64. The molecule has 1 fully saturated rings. The van der Waals surface area contributed by atoms with Crippen LogP contribution in [0, 0.1) is 0 Å². The van der Waals surface area contributed by atoms with Crippen LogP contribution in [0.25, 0.3) is 0 Å². The first kappa shape index (κ1) is 15.5. The number of hydrogen-bond donors (Lipinski definition) is 3. The second kappa shape index (κ2) is 6.72. The second-order valence-electron chi connectivity index (χ2n) is 5.40. The first-order valence-corrected chi connectivity index (χ1v) is 7.56. The number of carbonyl (C=O) groups excluding carboxylic acids is 2. The van der Waals surface area contributed by atoms with E-state index in [1.807, 2.05) is 25.1 Å². The molecule has 2 amide bonds. The smallest absolute Gasteiger partial charge is 0.244 e. The highest BCUT2D eigenvalue weighted by Crippen LogP contribution is 2.25. The molecule has 0 bridgehead atoms. The first-order chi connectivity index (χ1) is 10.1. The topological polar surface area (TPSA) is 70.2 Å². The summed E-state index contributed by atoms with van der Waals surface area (Å²) >= 11 is 0. The summed E-state index contributed by atoms with van der Waals surface area (Å²) < 4.78 is 0. The first-order valence-electron chi connectivity index (χ1n) is 7.56. The summed E-state index contributed by atoms with van der Waals surface area (Å²) in [6.07, 6.45) is 3.08. The molecule has 0 saturated carbocycles. The number of nitrogens with one attached hydrogen (secondary N) is 3. The van der Waals surface area contributed by atoms with Gasteiger partial charge in [-0.1, -0.05) is 19.9 Å². The SMILES string of the molecule is CCC(=O)Nc1cccc(NC(=O)C2(CC)CCCN2)c1. The van der Waals surface area contributed by atoms with Crippen LogP contribution >= 0.6 is 0 Å². The molecule has 5 nitrogen and oxygen atoms in total. The Balaban J connectivity index is 2.07. The fraction of sp³-hybridized carbons (Fsp3) is 0.500. The van der Waals surface area contributed by atoms with Crippen LogP contribution in [0.3, 0.4) is 0 Å². The average molecular weight is 289 g/mol. The van der Waals surface area contributed by atoms with Gasteiger partial charge in [0.2, 0.25) is 11.8 Å². The molecule has 2 rings (SSSR count). The van der Waals surface area contributed by atoms with E-state index in [-0.39, 0.29) is 11.8 Å². The van der Waals surface area contributed by atoms with Gasteiger partial charge in [-0.3, -0.25) is 9.59 Å². The number of amides is 2. The van der Waals surface area contributed by atoms with Crippen LogP contribution in [0.4, 0.5) is 11.4 Å². The van der Waals surface area contributed by atoms with Crippen molar-refractivity contribution in [1.29, 1.82) is 0 Å². The van der Waals surface area contributed by atoms with E-state index >= 15 is 0 Å². The van der Waals surface area contributed by atoms with Gasteiger partial charge in [0, 0.05) is 17.8 Å². The van der Waals surface area contributed by atoms with Gasteiger partial charge in [0.15, 0.2) is 0 Å². The Kier molecular flexibility index (Phi) is 4.96. The molecule has 1 unspecified atom stereocenters. The van der Waals surface area contributed by atoms with Gasteiger partial charge < -0.3 is 16.0 Å². The Morgan fingerprint density at radius 2 is 1.95 bits per heavy atom. The molecule has 1 aromatic carbocycles. The van der Waals surface area contributed by atoms with Crippen LogP contribution in [0.1, 0.15) is 39.5 Å². The maximum atomic E-state index is 12.5. The molecule has 1 aliphatic heterocycles. The minimum absolute atomic E-state index is 0.00136. The third-order valence-electron chi connectivity index (χ3n) is 4.01. The van der Waals surface area contributed by atoms with Crippen LogP contribution in [0.15, 0.2) is 24.3 Å². The molecule has 0 aliphatic carbocycles. The van der Waals surface area contributed by atoms with E-state index in [9.17, 15) is 9.59 Å². The highest BCUT2D eigenvalue weighted by atomic mass is 16.2. The number of carbonyl (C=O) groups is 2. The summed E-state index contributed by atoms with van der Waals surface area (Å²) in [4.78, 5) is 23.9. The van der Waals surface area contributed by atoms with Crippen LogP contribution < -0.4 is 16.0 Å². The molecule has 0 aromatic heterocycles. The zero-order valence-electron chi connectivity index (χ0n) is 12.7. The van der Waals surface area contributed by atoms with Gasteiger partial charge in [0.25, 0.3) is 0 Å². The van der Waals surface area contributed by atoms with Gasteiger partial charge in [0.05, 0.1) is 5.54 Å². The van der Waals surface area contributed by atoms with Gasteiger partial charge in [-0.15, -0.1) is 0 Å². The maximum absolute atomic E-state index is 12.5. The molecule has 21 heavy (non-hydrogen) atoms. The summed E-state index contributed by atoms with van der Waals surface area (Å²) in [5.41, 5.74) is 0.947. The van der Waals surface area contributed by atoms with Crippen molar-refractivity contribution in [1.82, 2.24) is 5.32 Å². The average Bonchev–Trinajstić information content (AvgIpc) is 2.97. The van der Waals surface area contributed by atoms with Crippen molar-refractivity contribution in [3.63, 3.8) is 0 Å². The zero-order chi connectivity index (χ0) is 15.3. The molecule has 1 atom stereocenters. The van der Waals surface area contributed by atoms with Crippen molar-refractivity contribution in [2.45, 2.75) is 45.1 Å². The lowest BCUT2D eigenvalue weighted by atomic mass is 9.93. The lowest BCUT2D eigenvalue weighted by Crippen LogP contribution is -2.50. The molecular formula is C16H23N3O2. The van der Waals surface area contributed by atoms with Crippen molar-refractivity contribution in [2.75, 3.05) is 17.2 Å². The van der Waals surface area contributed by atoms with Crippen molar-refractivity contribution < 1.29 is 9.59 Å². The molecule has 0 spiro atoms. The molecule has 3 N–H and O–H groups in total. The van der Waals surface area contributed by atoms with E-state index in [0.717, 1.165) is 25.8 Å². The summed E-state index contributed by atoms with van der Waals surface area (Å²) in [6, 6.07) is 7.25.